The SMILES string of the molecule is CNC(=O)c1cc(=O)n(CC(=O)Nc2ccc(C)c(C)c2)c2ccccc12. The number of para-hydroxylation sites is 1. The Morgan fingerprint density at radius 3 is 2.44 bits per heavy atom. The number of nitrogens with zero attached hydrogens (tertiary/aromatic N) is 1. The van der Waals surface area contributed by atoms with Gasteiger partial charge in [0.15, 0.2) is 0 Å². The fraction of sp³-hybridized carbons (Fsp3) is 0.190. The number of hydrogen-bond acceptors (Lipinski definition) is 3. The lowest BCUT2D eigenvalue weighted by Crippen LogP contribution is -2.30. The molecule has 0 saturated heterocycles. The van der Waals surface area contributed by atoms with Gasteiger partial charge in [0.05, 0.1) is 11.1 Å². The maximum atomic E-state index is 12.6. The normalized spacial score (nSPS) is 10.6. The van der Waals surface area contributed by atoms with Crippen molar-refractivity contribution in [3.63, 3.8) is 0 Å². The number of rotatable bonds is 4. The van der Waals surface area contributed by atoms with E-state index in [4.69, 9.17) is 0 Å². The van der Waals surface area contributed by atoms with Crippen molar-refractivity contribution in [3.05, 3.63) is 75.6 Å². The van der Waals surface area contributed by atoms with Gasteiger partial charge >= 0.3 is 0 Å². The van der Waals surface area contributed by atoms with E-state index < -0.39 is 5.56 Å². The summed E-state index contributed by atoms with van der Waals surface area (Å²) in [5.41, 5.74) is 3.33. The lowest BCUT2D eigenvalue weighted by Gasteiger charge is -2.13. The van der Waals surface area contributed by atoms with Gasteiger partial charge in [0.2, 0.25) is 5.91 Å². The van der Waals surface area contributed by atoms with E-state index >= 15 is 0 Å². The topological polar surface area (TPSA) is 80.2 Å². The molecule has 0 aliphatic heterocycles. The Kier molecular flexibility index (Phi) is 5.07. The number of pyridine rings is 1. The minimum atomic E-state index is -0.400. The highest BCUT2D eigenvalue weighted by Crippen LogP contribution is 2.18. The van der Waals surface area contributed by atoms with Crippen molar-refractivity contribution in [1.29, 1.82) is 0 Å². The van der Waals surface area contributed by atoms with Gasteiger partial charge in [-0.15, -0.1) is 0 Å². The zero-order valence-electron chi connectivity index (χ0n) is 15.5. The number of carbonyl (C=O) groups is 2. The van der Waals surface area contributed by atoms with Gasteiger partial charge in [-0.05, 0) is 43.2 Å². The quantitative estimate of drug-likeness (QED) is 0.748. The number of carbonyl (C=O) groups excluding carboxylic acids is 2. The summed E-state index contributed by atoms with van der Waals surface area (Å²) in [5.74, 6) is -0.645. The van der Waals surface area contributed by atoms with E-state index in [1.54, 1.807) is 24.3 Å². The predicted molar refractivity (Wildman–Crippen MR) is 106 cm³/mol. The van der Waals surface area contributed by atoms with Crippen LogP contribution in [0.1, 0.15) is 21.5 Å². The number of aromatic nitrogens is 1. The van der Waals surface area contributed by atoms with Crippen LogP contribution in [0.4, 0.5) is 5.69 Å². The highest BCUT2D eigenvalue weighted by Gasteiger charge is 2.15. The zero-order valence-corrected chi connectivity index (χ0v) is 15.5. The number of anilines is 1. The lowest BCUT2D eigenvalue weighted by atomic mass is 10.1. The smallest absolute Gasteiger partial charge is 0.252 e. The maximum absolute atomic E-state index is 12.6. The summed E-state index contributed by atoms with van der Waals surface area (Å²) in [7, 11) is 1.51. The van der Waals surface area contributed by atoms with Crippen molar-refractivity contribution in [2.75, 3.05) is 12.4 Å². The van der Waals surface area contributed by atoms with E-state index in [0.717, 1.165) is 11.1 Å². The number of fused-ring (bicyclic) bond motifs is 1. The molecule has 0 radical (unpaired) electrons. The first-order valence-electron chi connectivity index (χ1n) is 8.62. The van der Waals surface area contributed by atoms with E-state index in [1.165, 1.54) is 17.7 Å². The predicted octanol–water partition coefficient (Wildman–Crippen LogP) is 2.62. The molecule has 0 bridgehead atoms. The van der Waals surface area contributed by atoms with Crippen molar-refractivity contribution in [1.82, 2.24) is 9.88 Å². The Morgan fingerprint density at radius 1 is 1.00 bits per heavy atom. The van der Waals surface area contributed by atoms with E-state index in [1.807, 2.05) is 32.0 Å². The van der Waals surface area contributed by atoms with Crippen LogP contribution in [0.15, 0.2) is 53.3 Å². The molecule has 6 nitrogen and oxygen atoms in total. The van der Waals surface area contributed by atoms with Crippen LogP contribution in [0.25, 0.3) is 10.9 Å². The number of nitrogens with one attached hydrogen (secondary N) is 2. The van der Waals surface area contributed by atoms with Gasteiger partial charge in [-0.25, -0.2) is 0 Å². The minimum absolute atomic E-state index is 0.139. The van der Waals surface area contributed by atoms with E-state index in [0.29, 0.717) is 22.2 Å². The van der Waals surface area contributed by atoms with E-state index in [2.05, 4.69) is 10.6 Å². The molecular formula is C21H21N3O3. The van der Waals surface area contributed by atoms with E-state index in [9.17, 15) is 14.4 Å². The fourth-order valence-corrected chi connectivity index (χ4v) is 2.98. The number of aryl methyl sites for hydroxylation is 2. The van der Waals surface area contributed by atoms with Crippen LogP contribution in [-0.2, 0) is 11.3 Å². The van der Waals surface area contributed by atoms with Crippen LogP contribution < -0.4 is 16.2 Å². The fourth-order valence-electron chi connectivity index (χ4n) is 2.98. The molecule has 0 aliphatic carbocycles. The molecular weight excluding hydrogens is 342 g/mol. The second-order valence-corrected chi connectivity index (χ2v) is 6.43. The van der Waals surface area contributed by atoms with Crippen LogP contribution in [0.3, 0.4) is 0 Å². The molecule has 0 saturated carbocycles. The van der Waals surface area contributed by atoms with Crippen LogP contribution in [0.5, 0.6) is 0 Å². The largest absolute Gasteiger partial charge is 0.355 e. The van der Waals surface area contributed by atoms with Gasteiger partial charge < -0.3 is 10.6 Å². The standard InChI is InChI=1S/C21H21N3O3/c1-13-8-9-15(10-14(13)2)23-19(25)12-24-18-7-5-4-6-16(18)17(11-20(24)26)21(27)22-3/h4-11H,12H2,1-3H3,(H,22,27)(H,23,25). The highest BCUT2D eigenvalue weighted by atomic mass is 16.2. The van der Waals surface area contributed by atoms with Gasteiger partial charge in [-0.1, -0.05) is 24.3 Å². The molecule has 138 valence electrons. The van der Waals surface area contributed by atoms with Crippen molar-refractivity contribution < 1.29 is 9.59 Å². The first-order chi connectivity index (χ1) is 12.9. The second kappa shape index (κ2) is 7.45. The summed E-state index contributed by atoms with van der Waals surface area (Å²) in [4.78, 5) is 37.1. The third-order valence-electron chi connectivity index (χ3n) is 4.58. The second-order valence-electron chi connectivity index (χ2n) is 6.43. The Balaban J connectivity index is 1.96. The molecule has 27 heavy (non-hydrogen) atoms. The van der Waals surface area contributed by atoms with Gasteiger partial charge in [0, 0.05) is 24.2 Å². The summed E-state index contributed by atoms with van der Waals surface area (Å²) in [6.07, 6.45) is 0. The van der Waals surface area contributed by atoms with E-state index in [-0.39, 0.29) is 18.4 Å². The summed E-state index contributed by atoms with van der Waals surface area (Å²) >= 11 is 0. The Labute approximate surface area is 156 Å². The average Bonchev–Trinajstić information content (AvgIpc) is 2.66. The van der Waals surface area contributed by atoms with Gasteiger partial charge in [0.1, 0.15) is 6.54 Å². The lowest BCUT2D eigenvalue weighted by molar-refractivity contribution is -0.116. The van der Waals surface area contributed by atoms with Crippen molar-refractivity contribution in [3.8, 4) is 0 Å². The zero-order chi connectivity index (χ0) is 19.6. The Morgan fingerprint density at radius 2 is 1.74 bits per heavy atom. The summed E-state index contributed by atoms with van der Waals surface area (Å²) in [6, 6.07) is 14.0. The Hall–Kier alpha value is -3.41. The molecule has 3 rings (SSSR count). The molecule has 0 fully saturated rings. The minimum Gasteiger partial charge on any atom is -0.355 e. The van der Waals surface area contributed by atoms with Crippen LogP contribution in [-0.4, -0.2) is 23.4 Å². The average molecular weight is 363 g/mol. The molecule has 2 aromatic carbocycles. The molecule has 2 N–H and O–H groups in total. The molecule has 0 spiro atoms. The van der Waals surface area contributed by atoms with Gasteiger partial charge in [-0.2, -0.15) is 0 Å². The highest BCUT2D eigenvalue weighted by molar-refractivity contribution is 6.06. The van der Waals surface area contributed by atoms with Crippen molar-refractivity contribution in [2.45, 2.75) is 20.4 Å². The molecule has 0 aliphatic rings. The van der Waals surface area contributed by atoms with Crippen LogP contribution in [0, 0.1) is 13.8 Å². The molecule has 0 unspecified atom stereocenters. The monoisotopic (exact) mass is 363 g/mol. The number of benzene rings is 2. The molecule has 0 atom stereocenters. The summed E-state index contributed by atoms with van der Waals surface area (Å²) < 4.78 is 1.37. The van der Waals surface area contributed by atoms with Crippen molar-refractivity contribution in [2.24, 2.45) is 0 Å². The molecule has 2 amide bonds. The molecule has 1 heterocycles. The summed E-state index contributed by atoms with van der Waals surface area (Å²) in [6.45, 7) is 3.83. The number of amides is 2. The van der Waals surface area contributed by atoms with Gasteiger partial charge in [-0.3, -0.25) is 19.0 Å². The van der Waals surface area contributed by atoms with Crippen LogP contribution >= 0.6 is 0 Å². The molecule has 6 heteroatoms. The third-order valence-corrected chi connectivity index (χ3v) is 4.58. The first-order valence-corrected chi connectivity index (χ1v) is 8.62. The third kappa shape index (κ3) is 3.74. The first kappa shape index (κ1) is 18.4. The molecule has 3 aromatic rings. The van der Waals surface area contributed by atoms with Crippen LogP contribution in [0.2, 0.25) is 0 Å². The number of hydrogen-bond donors (Lipinski definition) is 2. The van der Waals surface area contributed by atoms with Gasteiger partial charge in [0.25, 0.3) is 11.5 Å². The molecule has 1 aromatic heterocycles. The summed E-state index contributed by atoms with van der Waals surface area (Å²) in [5, 5.41) is 5.98. The maximum Gasteiger partial charge on any atom is 0.252 e. The Bertz CT molecular complexity index is 1100. The van der Waals surface area contributed by atoms with Crippen molar-refractivity contribution >= 4 is 28.4 Å².